The van der Waals surface area contributed by atoms with E-state index in [1.165, 1.54) is 12.1 Å². The van der Waals surface area contributed by atoms with Crippen LogP contribution in [-0.2, 0) is 13.1 Å². The van der Waals surface area contributed by atoms with Crippen LogP contribution in [0.25, 0.3) is 6.08 Å². The molecule has 0 spiro atoms. The molecule has 0 N–H and O–H groups in total. The number of hydrogen-bond acceptors (Lipinski definition) is 8. The number of non-ortho nitro benzene ring substituents is 1. The SMILES string of the molecule is Cc1c2c(cc3c1O/C(=C\c1ccc([N+](=O)[O-])cc1)C3=O)CN(Cc1ccc3c(c1)OCO3)CO2. The van der Waals surface area contributed by atoms with Crippen molar-refractivity contribution in [1.29, 1.82) is 0 Å². The first-order chi connectivity index (χ1) is 17.0. The second-order valence-electron chi connectivity index (χ2n) is 8.60. The number of ether oxygens (including phenoxy) is 4. The van der Waals surface area contributed by atoms with Crippen molar-refractivity contribution in [3.05, 3.63) is 92.2 Å². The lowest BCUT2D eigenvalue weighted by atomic mass is 9.99. The molecule has 35 heavy (non-hydrogen) atoms. The molecule has 0 amide bonds. The summed E-state index contributed by atoms with van der Waals surface area (Å²) in [4.78, 5) is 25.7. The maximum absolute atomic E-state index is 13.1. The van der Waals surface area contributed by atoms with Gasteiger partial charge in [0.15, 0.2) is 17.3 Å². The highest BCUT2D eigenvalue weighted by Gasteiger charge is 2.33. The van der Waals surface area contributed by atoms with Crippen LogP contribution in [0.5, 0.6) is 23.0 Å². The first-order valence-corrected chi connectivity index (χ1v) is 11.0. The van der Waals surface area contributed by atoms with Gasteiger partial charge in [0, 0.05) is 36.3 Å². The van der Waals surface area contributed by atoms with Gasteiger partial charge >= 0.3 is 0 Å². The molecule has 0 fully saturated rings. The van der Waals surface area contributed by atoms with Gasteiger partial charge in [-0.3, -0.25) is 19.8 Å². The first kappa shape index (κ1) is 21.2. The number of ketones is 1. The molecule has 9 heteroatoms. The molecule has 3 aromatic carbocycles. The van der Waals surface area contributed by atoms with E-state index in [0.29, 0.717) is 36.7 Å². The number of carbonyl (C=O) groups excluding carboxylic acids is 1. The van der Waals surface area contributed by atoms with Gasteiger partial charge in [-0.2, -0.15) is 0 Å². The lowest BCUT2D eigenvalue weighted by Crippen LogP contribution is -2.32. The Balaban J connectivity index is 1.23. The summed E-state index contributed by atoms with van der Waals surface area (Å²) in [6.45, 7) is 3.79. The summed E-state index contributed by atoms with van der Waals surface area (Å²) in [5, 5.41) is 10.9. The van der Waals surface area contributed by atoms with Crippen LogP contribution in [0.4, 0.5) is 5.69 Å². The van der Waals surface area contributed by atoms with E-state index in [-0.39, 0.29) is 24.0 Å². The molecular formula is C26H20N2O7. The first-order valence-electron chi connectivity index (χ1n) is 11.0. The molecule has 0 saturated heterocycles. The minimum Gasteiger partial charge on any atom is -0.477 e. The molecule has 3 aliphatic heterocycles. The van der Waals surface area contributed by atoms with Gasteiger partial charge in [0.2, 0.25) is 12.6 Å². The van der Waals surface area contributed by atoms with Crippen molar-refractivity contribution in [1.82, 2.24) is 4.90 Å². The van der Waals surface area contributed by atoms with Crippen LogP contribution >= 0.6 is 0 Å². The quantitative estimate of drug-likeness (QED) is 0.309. The molecule has 9 nitrogen and oxygen atoms in total. The largest absolute Gasteiger partial charge is 0.477 e. The Bertz CT molecular complexity index is 1410. The fourth-order valence-corrected chi connectivity index (χ4v) is 4.54. The fraction of sp³-hybridized carbons (Fsp3) is 0.192. The average Bonchev–Trinajstić information content (AvgIpc) is 3.44. The number of carbonyl (C=O) groups is 1. The molecular weight excluding hydrogens is 452 g/mol. The second-order valence-corrected chi connectivity index (χ2v) is 8.60. The van der Waals surface area contributed by atoms with Crippen LogP contribution in [0.15, 0.2) is 54.3 Å². The maximum Gasteiger partial charge on any atom is 0.269 e. The van der Waals surface area contributed by atoms with Gasteiger partial charge in [-0.15, -0.1) is 0 Å². The minimum atomic E-state index is -0.465. The predicted molar refractivity (Wildman–Crippen MR) is 125 cm³/mol. The lowest BCUT2D eigenvalue weighted by Gasteiger charge is -2.30. The molecule has 0 saturated carbocycles. The zero-order valence-electron chi connectivity index (χ0n) is 18.8. The Labute approximate surface area is 200 Å². The van der Waals surface area contributed by atoms with E-state index in [0.717, 1.165) is 33.9 Å². The summed E-state index contributed by atoms with van der Waals surface area (Å²) < 4.78 is 22.9. The molecule has 0 bridgehead atoms. The zero-order valence-corrected chi connectivity index (χ0v) is 18.8. The highest BCUT2D eigenvalue weighted by atomic mass is 16.7. The van der Waals surface area contributed by atoms with Crippen LogP contribution in [0.1, 0.15) is 32.6 Å². The monoisotopic (exact) mass is 472 g/mol. The number of nitrogens with zero attached hydrogens (tertiary/aromatic N) is 2. The number of benzene rings is 3. The van der Waals surface area contributed by atoms with Gasteiger partial charge in [-0.1, -0.05) is 6.07 Å². The molecule has 6 rings (SSSR count). The van der Waals surface area contributed by atoms with Crippen LogP contribution in [0.2, 0.25) is 0 Å². The normalized spacial score (nSPS) is 17.1. The van der Waals surface area contributed by atoms with E-state index in [9.17, 15) is 14.9 Å². The van der Waals surface area contributed by atoms with E-state index in [2.05, 4.69) is 4.90 Å². The van der Waals surface area contributed by atoms with E-state index in [4.69, 9.17) is 18.9 Å². The van der Waals surface area contributed by atoms with Gasteiger partial charge in [0.05, 0.1) is 10.5 Å². The Morgan fingerprint density at radius 1 is 1.03 bits per heavy atom. The third-order valence-electron chi connectivity index (χ3n) is 6.25. The van der Waals surface area contributed by atoms with Crippen LogP contribution in [0.3, 0.4) is 0 Å². The van der Waals surface area contributed by atoms with E-state index < -0.39 is 4.92 Å². The zero-order chi connectivity index (χ0) is 24.1. The van der Waals surface area contributed by atoms with Crippen molar-refractivity contribution >= 4 is 17.5 Å². The lowest BCUT2D eigenvalue weighted by molar-refractivity contribution is -0.384. The van der Waals surface area contributed by atoms with Gasteiger partial charge in [-0.05, 0) is 54.5 Å². The Morgan fingerprint density at radius 3 is 2.63 bits per heavy atom. The summed E-state index contributed by atoms with van der Waals surface area (Å²) >= 11 is 0. The number of allylic oxidation sites excluding steroid dienone is 1. The molecule has 3 aliphatic rings. The van der Waals surface area contributed by atoms with Gasteiger partial charge in [-0.25, -0.2) is 0 Å². The van der Waals surface area contributed by atoms with E-state index in [1.807, 2.05) is 31.2 Å². The van der Waals surface area contributed by atoms with Crippen molar-refractivity contribution in [2.75, 3.05) is 13.5 Å². The van der Waals surface area contributed by atoms with Crippen molar-refractivity contribution < 1.29 is 28.7 Å². The van der Waals surface area contributed by atoms with E-state index in [1.54, 1.807) is 18.2 Å². The number of fused-ring (bicyclic) bond motifs is 3. The minimum absolute atomic E-state index is 0.0138. The smallest absolute Gasteiger partial charge is 0.269 e. The molecule has 176 valence electrons. The van der Waals surface area contributed by atoms with Gasteiger partial charge < -0.3 is 18.9 Å². The summed E-state index contributed by atoms with van der Waals surface area (Å²) in [7, 11) is 0. The van der Waals surface area contributed by atoms with Crippen molar-refractivity contribution in [3.63, 3.8) is 0 Å². The topological polar surface area (TPSA) is 100 Å². The number of nitro benzene ring substituents is 1. The summed E-state index contributed by atoms with van der Waals surface area (Å²) in [5.74, 6) is 2.66. The third-order valence-corrected chi connectivity index (χ3v) is 6.25. The molecule has 0 unspecified atom stereocenters. The van der Waals surface area contributed by atoms with Gasteiger partial charge in [0.25, 0.3) is 5.69 Å². The Kier molecular flexibility index (Phi) is 4.93. The summed E-state index contributed by atoms with van der Waals surface area (Å²) in [5.41, 5.74) is 3.89. The number of nitro groups is 1. The third kappa shape index (κ3) is 3.75. The average molecular weight is 472 g/mol. The van der Waals surface area contributed by atoms with Crippen LogP contribution in [-0.4, -0.2) is 29.1 Å². The molecule has 0 aliphatic carbocycles. The highest BCUT2D eigenvalue weighted by Crippen LogP contribution is 2.43. The highest BCUT2D eigenvalue weighted by molar-refractivity contribution is 6.15. The molecule has 3 heterocycles. The molecule has 0 aromatic heterocycles. The van der Waals surface area contributed by atoms with Crippen molar-refractivity contribution in [2.24, 2.45) is 0 Å². The summed E-state index contributed by atoms with van der Waals surface area (Å²) in [6, 6.07) is 13.7. The second kappa shape index (κ2) is 8.14. The standard InChI is InChI=1S/C26H20N2O7/c1-15-25-18(12-27(13-32-25)11-17-4-7-21-22(9-17)34-14-33-21)10-20-24(29)23(35-26(15)20)8-16-2-5-19(6-3-16)28(30)31/h2-10H,11-14H2,1H3/b23-8-. The fourth-order valence-electron chi connectivity index (χ4n) is 4.54. The van der Waals surface area contributed by atoms with Crippen molar-refractivity contribution in [3.8, 4) is 23.0 Å². The summed E-state index contributed by atoms with van der Waals surface area (Å²) in [6.07, 6.45) is 1.59. The van der Waals surface area contributed by atoms with Crippen LogP contribution < -0.4 is 18.9 Å². The van der Waals surface area contributed by atoms with Crippen molar-refractivity contribution in [2.45, 2.75) is 20.0 Å². The molecule has 3 aromatic rings. The van der Waals surface area contributed by atoms with E-state index >= 15 is 0 Å². The number of hydrogen-bond donors (Lipinski definition) is 0. The number of rotatable bonds is 4. The van der Waals surface area contributed by atoms with Gasteiger partial charge in [0.1, 0.15) is 18.2 Å². The maximum atomic E-state index is 13.1. The number of Topliss-reactive ketones (excluding diaryl/α,β-unsaturated/α-hetero) is 1. The predicted octanol–water partition coefficient (Wildman–Crippen LogP) is 4.60. The Hall–Kier alpha value is -4.37. The Morgan fingerprint density at radius 2 is 1.83 bits per heavy atom. The molecule has 0 atom stereocenters. The van der Waals surface area contributed by atoms with Crippen LogP contribution in [0, 0.1) is 17.0 Å². The molecule has 0 radical (unpaired) electrons.